The molecule has 0 bridgehead atoms. The SMILES string of the molecule is CC(Nc1ccn(C)n1)C(=O)NC(=O)NC1CC1. The predicted molar refractivity (Wildman–Crippen MR) is 66.0 cm³/mol. The minimum absolute atomic E-state index is 0.233. The quantitative estimate of drug-likeness (QED) is 0.713. The van der Waals surface area contributed by atoms with Gasteiger partial charge in [-0.15, -0.1) is 0 Å². The van der Waals surface area contributed by atoms with E-state index >= 15 is 0 Å². The van der Waals surface area contributed by atoms with Crippen LogP contribution in [0.2, 0.25) is 0 Å². The molecule has 0 saturated heterocycles. The highest BCUT2D eigenvalue weighted by Crippen LogP contribution is 2.18. The molecule has 0 aliphatic heterocycles. The summed E-state index contributed by atoms with van der Waals surface area (Å²) < 4.78 is 1.63. The minimum atomic E-state index is -0.523. The van der Waals surface area contributed by atoms with Crippen molar-refractivity contribution in [3.05, 3.63) is 12.3 Å². The van der Waals surface area contributed by atoms with Gasteiger partial charge in [-0.05, 0) is 19.8 Å². The maximum atomic E-state index is 11.7. The van der Waals surface area contributed by atoms with Crippen LogP contribution in [-0.4, -0.2) is 33.8 Å². The Kier molecular flexibility index (Phi) is 3.50. The average Bonchev–Trinajstić information content (AvgIpc) is 3.00. The lowest BCUT2D eigenvalue weighted by molar-refractivity contribution is -0.120. The summed E-state index contributed by atoms with van der Waals surface area (Å²) in [5, 5.41) is 12.0. The van der Waals surface area contributed by atoms with Gasteiger partial charge < -0.3 is 10.6 Å². The van der Waals surface area contributed by atoms with Crippen LogP contribution in [0.15, 0.2) is 12.3 Å². The summed E-state index contributed by atoms with van der Waals surface area (Å²) in [5.41, 5.74) is 0. The summed E-state index contributed by atoms with van der Waals surface area (Å²) in [5.74, 6) is 0.224. The highest BCUT2D eigenvalue weighted by atomic mass is 16.2. The van der Waals surface area contributed by atoms with Gasteiger partial charge in [0.25, 0.3) is 0 Å². The summed E-state index contributed by atoms with van der Waals surface area (Å²) >= 11 is 0. The lowest BCUT2D eigenvalue weighted by atomic mass is 10.3. The number of carbonyl (C=O) groups excluding carboxylic acids is 2. The molecule has 0 aromatic carbocycles. The third-order valence-corrected chi connectivity index (χ3v) is 2.62. The minimum Gasteiger partial charge on any atom is -0.357 e. The standard InChI is InChI=1S/C11H17N5O2/c1-7(12-9-5-6-16(2)15-9)10(17)14-11(18)13-8-3-4-8/h5-8H,3-4H2,1-2H3,(H,12,15)(H2,13,14,17,18). The maximum Gasteiger partial charge on any atom is 0.321 e. The Bertz CT molecular complexity index is 452. The summed E-state index contributed by atoms with van der Waals surface area (Å²) in [6.45, 7) is 1.68. The Morgan fingerprint density at radius 3 is 2.78 bits per heavy atom. The number of aromatic nitrogens is 2. The van der Waals surface area contributed by atoms with Crippen molar-refractivity contribution in [3.8, 4) is 0 Å². The molecule has 18 heavy (non-hydrogen) atoms. The van der Waals surface area contributed by atoms with Gasteiger partial charge in [-0.25, -0.2) is 4.79 Å². The van der Waals surface area contributed by atoms with E-state index in [9.17, 15) is 9.59 Å². The van der Waals surface area contributed by atoms with Gasteiger partial charge in [0, 0.05) is 25.4 Å². The number of rotatable bonds is 4. The van der Waals surface area contributed by atoms with E-state index in [-0.39, 0.29) is 11.9 Å². The molecule has 1 aliphatic carbocycles. The molecule has 0 spiro atoms. The molecule has 1 aromatic heterocycles. The van der Waals surface area contributed by atoms with Crippen molar-refractivity contribution in [2.75, 3.05) is 5.32 Å². The fourth-order valence-corrected chi connectivity index (χ4v) is 1.45. The lowest BCUT2D eigenvalue weighted by Crippen LogP contribution is -2.46. The molecule has 3 N–H and O–H groups in total. The monoisotopic (exact) mass is 251 g/mol. The van der Waals surface area contributed by atoms with Crippen LogP contribution in [-0.2, 0) is 11.8 Å². The molecule has 7 nitrogen and oxygen atoms in total. The van der Waals surface area contributed by atoms with E-state index in [2.05, 4.69) is 21.0 Å². The van der Waals surface area contributed by atoms with Crippen LogP contribution in [0.5, 0.6) is 0 Å². The molecule has 1 saturated carbocycles. The zero-order chi connectivity index (χ0) is 13.1. The van der Waals surface area contributed by atoms with Gasteiger partial charge in [-0.2, -0.15) is 5.10 Å². The smallest absolute Gasteiger partial charge is 0.321 e. The first-order valence-electron chi connectivity index (χ1n) is 5.92. The van der Waals surface area contributed by atoms with Gasteiger partial charge in [-0.1, -0.05) is 0 Å². The summed E-state index contributed by atoms with van der Waals surface area (Å²) in [6, 6.07) is 1.03. The molecule has 1 aromatic rings. The fourth-order valence-electron chi connectivity index (χ4n) is 1.45. The number of amides is 3. The van der Waals surface area contributed by atoms with Crippen LogP contribution >= 0.6 is 0 Å². The first-order chi connectivity index (χ1) is 8.54. The molecular formula is C11H17N5O2. The van der Waals surface area contributed by atoms with Gasteiger partial charge in [0.1, 0.15) is 11.9 Å². The van der Waals surface area contributed by atoms with Gasteiger partial charge in [-0.3, -0.25) is 14.8 Å². The highest BCUT2D eigenvalue weighted by molar-refractivity contribution is 5.98. The Morgan fingerprint density at radius 1 is 1.50 bits per heavy atom. The number of nitrogens with zero attached hydrogens (tertiary/aromatic N) is 2. The molecular weight excluding hydrogens is 234 g/mol. The Balaban J connectivity index is 1.78. The molecule has 1 atom stereocenters. The second-order valence-corrected chi connectivity index (χ2v) is 4.48. The van der Waals surface area contributed by atoms with Crippen LogP contribution in [0.4, 0.5) is 10.6 Å². The second-order valence-electron chi connectivity index (χ2n) is 4.48. The molecule has 98 valence electrons. The molecule has 1 heterocycles. The molecule has 1 unspecified atom stereocenters. The number of carbonyl (C=O) groups is 2. The Labute approximate surface area is 105 Å². The molecule has 7 heteroatoms. The van der Waals surface area contributed by atoms with Crippen molar-refractivity contribution in [1.29, 1.82) is 0 Å². The largest absolute Gasteiger partial charge is 0.357 e. The fraction of sp³-hybridized carbons (Fsp3) is 0.545. The van der Waals surface area contributed by atoms with Gasteiger partial charge in [0.15, 0.2) is 0 Å². The molecule has 1 aliphatic rings. The summed E-state index contributed by atoms with van der Waals surface area (Å²) in [7, 11) is 1.79. The number of anilines is 1. The Morgan fingerprint density at radius 2 is 2.22 bits per heavy atom. The van der Waals surface area contributed by atoms with Crippen molar-refractivity contribution in [2.24, 2.45) is 7.05 Å². The van der Waals surface area contributed by atoms with Gasteiger partial charge >= 0.3 is 6.03 Å². The number of nitrogens with one attached hydrogen (secondary N) is 3. The van der Waals surface area contributed by atoms with Crippen molar-refractivity contribution in [2.45, 2.75) is 31.8 Å². The second kappa shape index (κ2) is 5.07. The van der Waals surface area contributed by atoms with Gasteiger partial charge in [0.05, 0.1) is 0 Å². The number of hydrogen-bond acceptors (Lipinski definition) is 4. The number of urea groups is 1. The summed E-state index contributed by atoms with van der Waals surface area (Å²) in [6.07, 6.45) is 3.75. The molecule has 0 radical (unpaired) electrons. The van der Waals surface area contributed by atoms with Gasteiger partial charge in [0.2, 0.25) is 5.91 Å². The maximum absolute atomic E-state index is 11.7. The van der Waals surface area contributed by atoms with Crippen molar-refractivity contribution in [3.63, 3.8) is 0 Å². The Hall–Kier alpha value is -2.05. The number of aryl methyl sites for hydroxylation is 1. The first-order valence-corrected chi connectivity index (χ1v) is 5.92. The highest BCUT2D eigenvalue weighted by Gasteiger charge is 2.24. The zero-order valence-corrected chi connectivity index (χ0v) is 10.4. The van der Waals surface area contributed by atoms with Crippen molar-refractivity contribution >= 4 is 17.8 Å². The van der Waals surface area contributed by atoms with E-state index in [1.165, 1.54) is 0 Å². The molecule has 2 rings (SSSR count). The van der Waals surface area contributed by atoms with Crippen LogP contribution in [0.3, 0.4) is 0 Å². The third-order valence-electron chi connectivity index (χ3n) is 2.62. The number of imide groups is 1. The normalized spacial score (nSPS) is 15.9. The molecule has 3 amide bonds. The number of hydrogen-bond donors (Lipinski definition) is 3. The van der Waals surface area contributed by atoms with Crippen molar-refractivity contribution in [1.82, 2.24) is 20.4 Å². The van der Waals surface area contributed by atoms with Crippen LogP contribution in [0, 0.1) is 0 Å². The van der Waals surface area contributed by atoms with Crippen LogP contribution in [0.1, 0.15) is 19.8 Å². The summed E-state index contributed by atoms with van der Waals surface area (Å²) in [4.78, 5) is 23.1. The van der Waals surface area contributed by atoms with E-state index in [1.807, 2.05) is 0 Å². The van der Waals surface area contributed by atoms with E-state index in [4.69, 9.17) is 0 Å². The van der Waals surface area contributed by atoms with E-state index < -0.39 is 12.1 Å². The zero-order valence-electron chi connectivity index (χ0n) is 10.4. The predicted octanol–water partition coefficient (Wildman–Crippen LogP) is 0.209. The van der Waals surface area contributed by atoms with E-state index in [0.717, 1.165) is 12.8 Å². The van der Waals surface area contributed by atoms with E-state index in [0.29, 0.717) is 5.82 Å². The van der Waals surface area contributed by atoms with Crippen molar-refractivity contribution < 1.29 is 9.59 Å². The third kappa shape index (κ3) is 3.47. The first kappa shape index (κ1) is 12.4. The lowest BCUT2D eigenvalue weighted by Gasteiger charge is -2.12. The van der Waals surface area contributed by atoms with Crippen LogP contribution < -0.4 is 16.0 Å². The molecule has 1 fully saturated rings. The average molecular weight is 251 g/mol. The topological polar surface area (TPSA) is 88.1 Å². The van der Waals surface area contributed by atoms with Crippen LogP contribution in [0.25, 0.3) is 0 Å². The van der Waals surface area contributed by atoms with E-state index in [1.54, 1.807) is 30.9 Å².